The third kappa shape index (κ3) is 3.86. The number of hydrogen-bond donors (Lipinski definition) is 1. The highest BCUT2D eigenvalue weighted by atomic mass is 32.1. The first-order valence-electron chi connectivity index (χ1n) is 6.69. The second kappa shape index (κ2) is 6.20. The number of benzene rings is 1. The number of aliphatic hydroxyl groups is 1. The van der Waals surface area contributed by atoms with E-state index in [4.69, 9.17) is 5.11 Å². The van der Waals surface area contributed by atoms with Gasteiger partial charge < -0.3 is 5.11 Å². The Hall–Kier alpha value is -1.33. The molecular weight excluding hydrogens is 297 g/mol. The van der Waals surface area contributed by atoms with Crippen LogP contribution in [0.15, 0.2) is 30.3 Å². The van der Waals surface area contributed by atoms with Crippen molar-refractivity contribution in [2.75, 3.05) is 6.61 Å². The number of aryl methyl sites for hydroxylation is 1. The number of alkyl halides is 3. The van der Waals surface area contributed by atoms with Gasteiger partial charge in [0, 0.05) is 16.4 Å². The van der Waals surface area contributed by atoms with Gasteiger partial charge in [0.15, 0.2) is 0 Å². The van der Waals surface area contributed by atoms with Crippen molar-refractivity contribution in [3.05, 3.63) is 46.3 Å². The molecule has 1 N–H and O–H groups in total. The first-order chi connectivity index (χ1) is 9.81. The van der Waals surface area contributed by atoms with Crippen LogP contribution in [0.1, 0.15) is 22.9 Å². The van der Waals surface area contributed by atoms with Gasteiger partial charge in [-0.05, 0) is 48.6 Å². The van der Waals surface area contributed by atoms with E-state index in [1.165, 1.54) is 17.0 Å². The van der Waals surface area contributed by atoms with E-state index in [-0.39, 0.29) is 12.5 Å². The molecule has 1 atom stereocenters. The molecule has 0 aliphatic carbocycles. The lowest BCUT2D eigenvalue weighted by Crippen LogP contribution is -2.03. The molecule has 0 saturated carbocycles. The predicted molar refractivity (Wildman–Crippen MR) is 79.4 cm³/mol. The summed E-state index contributed by atoms with van der Waals surface area (Å²) in [5, 5.41) is 9.12. The molecule has 1 heterocycles. The van der Waals surface area contributed by atoms with Crippen molar-refractivity contribution >= 4 is 11.3 Å². The second-order valence-electron chi connectivity index (χ2n) is 5.28. The number of rotatable bonds is 4. The van der Waals surface area contributed by atoms with Gasteiger partial charge in [0.2, 0.25) is 0 Å². The average molecular weight is 314 g/mol. The molecule has 21 heavy (non-hydrogen) atoms. The molecule has 0 bridgehead atoms. The van der Waals surface area contributed by atoms with Crippen LogP contribution in [0.5, 0.6) is 0 Å². The summed E-state index contributed by atoms with van der Waals surface area (Å²) in [7, 11) is 0. The minimum absolute atomic E-state index is 0.132. The normalized spacial score (nSPS) is 13.4. The standard InChI is InChI=1S/C16H17F3OS/c1-10(9-20)7-14-11(2)8-15(21-14)12-3-5-13(6-4-12)16(17,18)19/h3-6,8,10,20H,7,9H2,1-2H3. The average Bonchev–Trinajstić information content (AvgIpc) is 2.79. The molecule has 0 saturated heterocycles. The van der Waals surface area contributed by atoms with Gasteiger partial charge in [-0.2, -0.15) is 13.2 Å². The van der Waals surface area contributed by atoms with Crippen LogP contribution >= 0.6 is 11.3 Å². The molecule has 2 aromatic rings. The Morgan fingerprint density at radius 2 is 1.81 bits per heavy atom. The van der Waals surface area contributed by atoms with Gasteiger partial charge in [-0.15, -0.1) is 11.3 Å². The SMILES string of the molecule is Cc1cc(-c2ccc(C(F)(F)F)cc2)sc1CC(C)CO. The molecule has 0 aliphatic heterocycles. The second-order valence-corrected chi connectivity index (χ2v) is 6.42. The van der Waals surface area contributed by atoms with Crippen LogP contribution in [0, 0.1) is 12.8 Å². The molecular formula is C16H17F3OS. The lowest BCUT2D eigenvalue weighted by atomic mass is 10.1. The van der Waals surface area contributed by atoms with Gasteiger partial charge in [-0.25, -0.2) is 0 Å². The maximum absolute atomic E-state index is 12.6. The molecule has 2 rings (SSSR count). The lowest BCUT2D eigenvalue weighted by Gasteiger charge is -2.07. The fourth-order valence-electron chi connectivity index (χ4n) is 2.07. The van der Waals surface area contributed by atoms with Crippen molar-refractivity contribution < 1.29 is 18.3 Å². The fourth-order valence-corrected chi connectivity index (χ4v) is 3.41. The van der Waals surface area contributed by atoms with Crippen LogP contribution in [0.3, 0.4) is 0 Å². The zero-order valence-corrected chi connectivity index (χ0v) is 12.7. The predicted octanol–water partition coefficient (Wildman–Crippen LogP) is 4.91. The van der Waals surface area contributed by atoms with Gasteiger partial charge in [-0.1, -0.05) is 19.1 Å². The number of halogens is 3. The van der Waals surface area contributed by atoms with Gasteiger partial charge in [0.25, 0.3) is 0 Å². The summed E-state index contributed by atoms with van der Waals surface area (Å²) >= 11 is 1.58. The molecule has 114 valence electrons. The summed E-state index contributed by atoms with van der Waals surface area (Å²) in [4.78, 5) is 2.13. The Balaban J connectivity index is 2.24. The van der Waals surface area contributed by atoms with Crippen LogP contribution in [0.25, 0.3) is 10.4 Å². The van der Waals surface area contributed by atoms with Gasteiger partial charge in [0.05, 0.1) is 5.56 Å². The smallest absolute Gasteiger partial charge is 0.396 e. The highest BCUT2D eigenvalue weighted by molar-refractivity contribution is 7.15. The van der Waals surface area contributed by atoms with E-state index in [0.717, 1.165) is 34.6 Å². The van der Waals surface area contributed by atoms with Crippen molar-refractivity contribution in [2.24, 2.45) is 5.92 Å². The summed E-state index contributed by atoms with van der Waals surface area (Å²) < 4.78 is 37.7. The van der Waals surface area contributed by atoms with Gasteiger partial charge >= 0.3 is 6.18 Å². The lowest BCUT2D eigenvalue weighted by molar-refractivity contribution is -0.137. The van der Waals surface area contributed by atoms with E-state index in [2.05, 4.69) is 0 Å². The third-order valence-electron chi connectivity index (χ3n) is 3.36. The molecule has 0 amide bonds. The van der Waals surface area contributed by atoms with E-state index >= 15 is 0 Å². The van der Waals surface area contributed by atoms with Crippen molar-refractivity contribution in [3.8, 4) is 10.4 Å². The van der Waals surface area contributed by atoms with Crippen LogP contribution in [-0.4, -0.2) is 11.7 Å². The zero-order valence-electron chi connectivity index (χ0n) is 11.9. The van der Waals surface area contributed by atoms with Crippen molar-refractivity contribution in [1.82, 2.24) is 0 Å². The Labute approximate surface area is 126 Å². The molecule has 0 aliphatic rings. The molecule has 1 aromatic carbocycles. The van der Waals surface area contributed by atoms with E-state index in [1.807, 2.05) is 19.9 Å². The summed E-state index contributed by atoms with van der Waals surface area (Å²) in [5.74, 6) is 0.183. The largest absolute Gasteiger partial charge is 0.416 e. The quantitative estimate of drug-likeness (QED) is 0.850. The monoisotopic (exact) mass is 314 g/mol. The van der Waals surface area contributed by atoms with Crippen molar-refractivity contribution in [3.63, 3.8) is 0 Å². The third-order valence-corrected chi connectivity index (χ3v) is 4.67. The Morgan fingerprint density at radius 1 is 1.19 bits per heavy atom. The van der Waals surface area contributed by atoms with Crippen LogP contribution in [0.2, 0.25) is 0 Å². The summed E-state index contributed by atoms with van der Waals surface area (Å²) in [6.07, 6.45) is -3.51. The van der Waals surface area contributed by atoms with Gasteiger partial charge in [0.1, 0.15) is 0 Å². The molecule has 1 nitrogen and oxygen atoms in total. The summed E-state index contributed by atoms with van der Waals surface area (Å²) in [6.45, 7) is 4.09. The number of aliphatic hydroxyl groups excluding tert-OH is 1. The fraction of sp³-hybridized carbons (Fsp3) is 0.375. The van der Waals surface area contributed by atoms with E-state index in [9.17, 15) is 13.2 Å². The van der Waals surface area contributed by atoms with Crippen molar-refractivity contribution in [2.45, 2.75) is 26.4 Å². The molecule has 1 unspecified atom stereocenters. The zero-order chi connectivity index (χ0) is 15.6. The Bertz CT molecular complexity index is 599. The number of thiophene rings is 1. The maximum atomic E-state index is 12.6. The van der Waals surface area contributed by atoms with E-state index < -0.39 is 11.7 Å². The minimum atomic E-state index is -4.30. The minimum Gasteiger partial charge on any atom is -0.396 e. The first kappa shape index (κ1) is 16.0. The first-order valence-corrected chi connectivity index (χ1v) is 7.50. The molecule has 0 spiro atoms. The molecule has 0 fully saturated rings. The van der Waals surface area contributed by atoms with Crippen LogP contribution in [-0.2, 0) is 12.6 Å². The van der Waals surface area contributed by atoms with Crippen molar-refractivity contribution in [1.29, 1.82) is 0 Å². The maximum Gasteiger partial charge on any atom is 0.416 e. The molecule has 1 aromatic heterocycles. The van der Waals surface area contributed by atoms with E-state index in [1.54, 1.807) is 11.3 Å². The topological polar surface area (TPSA) is 20.2 Å². The van der Waals surface area contributed by atoms with Crippen LogP contribution in [0.4, 0.5) is 13.2 Å². The summed E-state index contributed by atoms with van der Waals surface area (Å²) in [6, 6.07) is 7.23. The highest BCUT2D eigenvalue weighted by Gasteiger charge is 2.30. The number of hydrogen-bond acceptors (Lipinski definition) is 2. The highest BCUT2D eigenvalue weighted by Crippen LogP contribution is 2.35. The summed E-state index contributed by atoms with van der Waals surface area (Å²) in [5.41, 5.74) is 1.28. The molecule has 5 heteroatoms. The molecule has 0 radical (unpaired) electrons. The van der Waals surface area contributed by atoms with Gasteiger partial charge in [-0.3, -0.25) is 0 Å². The van der Waals surface area contributed by atoms with E-state index in [0.29, 0.717) is 0 Å². The Morgan fingerprint density at radius 3 is 2.33 bits per heavy atom. The Kier molecular flexibility index (Phi) is 4.74. The van der Waals surface area contributed by atoms with Crippen LogP contribution < -0.4 is 0 Å².